The van der Waals surface area contributed by atoms with Crippen LogP contribution in [0.2, 0.25) is 0 Å². The number of benzene rings is 2. The zero-order chi connectivity index (χ0) is 18.0. The van der Waals surface area contributed by atoms with Crippen molar-refractivity contribution in [2.24, 2.45) is 10.9 Å². The average Bonchev–Trinajstić information content (AvgIpc) is 3.09. The first-order chi connectivity index (χ1) is 11.9. The third-order valence-corrected chi connectivity index (χ3v) is 4.39. The van der Waals surface area contributed by atoms with E-state index in [1.54, 1.807) is 59.4 Å². The Morgan fingerprint density at radius 2 is 1.64 bits per heavy atom. The second kappa shape index (κ2) is 6.42. The zero-order valence-electron chi connectivity index (χ0n) is 13.0. The maximum atomic E-state index is 12.1. The van der Waals surface area contributed by atoms with Crippen molar-refractivity contribution in [3.63, 3.8) is 0 Å². The fraction of sp³-hybridized carbons (Fsp3) is 0. The van der Waals surface area contributed by atoms with Crippen molar-refractivity contribution < 1.29 is 17.9 Å². The smallest absolute Gasteiger partial charge is 0.248 e. The number of nitrogens with two attached hydrogens (primary N) is 2. The number of amides is 1. The Morgan fingerprint density at radius 3 is 2.20 bits per heavy atom. The van der Waals surface area contributed by atoms with Crippen LogP contribution >= 0.6 is 0 Å². The summed E-state index contributed by atoms with van der Waals surface area (Å²) in [6.45, 7) is 0. The van der Waals surface area contributed by atoms with Crippen LogP contribution in [0.5, 0.6) is 11.5 Å². The number of primary sulfonamides is 1. The molecule has 0 unspecified atom stereocenters. The maximum absolute atomic E-state index is 12.1. The number of para-hydroxylation sites is 1. The fourth-order valence-corrected chi connectivity index (χ4v) is 3.03. The van der Waals surface area contributed by atoms with Gasteiger partial charge in [-0.3, -0.25) is 4.79 Å². The lowest BCUT2D eigenvalue weighted by atomic mass is 10.1. The SMILES string of the molecule is NC(=O)c1cc(-n2cccc2)c(Oc2ccccc2)c(S(N)(=O)=O)c1. The molecule has 7 nitrogen and oxygen atoms in total. The van der Waals surface area contributed by atoms with Gasteiger partial charge in [-0.2, -0.15) is 0 Å². The van der Waals surface area contributed by atoms with Gasteiger partial charge in [-0.25, -0.2) is 13.6 Å². The maximum Gasteiger partial charge on any atom is 0.248 e. The molecule has 0 atom stereocenters. The molecular weight excluding hydrogens is 342 g/mol. The third kappa shape index (κ3) is 3.54. The molecule has 128 valence electrons. The van der Waals surface area contributed by atoms with Crippen molar-refractivity contribution in [1.29, 1.82) is 0 Å². The summed E-state index contributed by atoms with van der Waals surface area (Å²) in [5.74, 6) is -0.341. The number of ether oxygens (including phenoxy) is 1. The highest BCUT2D eigenvalue weighted by Gasteiger charge is 2.23. The van der Waals surface area contributed by atoms with Gasteiger partial charge in [-0.1, -0.05) is 18.2 Å². The van der Waals surface area contributed by atoms with Gasteiger partial charge in [0.05, 0.1) is 5.69 Å². The predicted octanol–water partition coefficient (Wildman–Crippen LogP) is 2.02. The van der Waals surface area contributed by atoms with E-state index in [4.69, 9.17) is 15.6 Å². The van der Waals surface area contributed by atoms with Crippen LogP contribution in [0, 0.1) is 0 Å². The summed E-state index contributed by atoms with van der Waals surface area (Å²) in [5.41, 5.74) is 5.66. The molecule has 1 amide bonds. The zero-order valence-corrected chi connectivity index (χ0v) is 13.8. The molecule has 0 bridgehead atoms. The van der Waals surface area contributed by atoms with Gasteiger partial charge in [-0.05, 0) is 36.4 Å². The van der Waals surface area contributed by atoms with Crippen LogP contribution in [0.15, 0.2) is 71.9 Å². The molecule has 0 saturated heterocycles. The van der Waals surface area contributed by atoms with Gasteiger partial charge >= 0.3 is 0 Å². The first-order valence-corrected chi connectivity index (χ1v) is 8.78. The molecule has 3 aromatic rings. The molecule has 1 aromatic heterocycles. The van der Waals surface area contributed by atoms with E-state index < -0.39 is 15.9 Å². The van der Waals surface area contributed by atoms with Gasteiger partial charge in [-0.15, -0.1) is 0 Å². The van der Waals surface area contributed by atoms with Gasteiger partial charge in [0.25, 0.3) is 0 Å². The summed E-state index contributed by atoms with van der Waals surface area (Å²) < 4.78 is 31.6. The molecule has 0 saturated carbocycles. The minimum Gasteiger partial charge on any atom is -0.454 e. The number of aromatic nitrogens is 1. The fourth-order valence-electron chi connectivity index (χ4n) is 2.34. The van der Waals surface area contributed by atoms with Crippen LogP contribution in [0.4, 0.5) is 0 Å². The molecule has 8 heteroatoms. The van der Waals surface area contributed by atoms with Crippen molar-refractivity contribution >= 4 is 15.9 Å². The van der Waals surface area contributed by atoms with E-state index in [9.17, 15) is 13.2 Å². The largest absolute Gasteiger partial charge is 0.454 e. The van der Waals surface area contributed by atoms with Crippen molar-refractivity contribution in [1.82, 2.24) is 4.57 Å². The number of rotatable bonds is 5. The van der Waals surface area contributed by atoms with Crippen molar-refractivity contribution in [3.05, 3.63) is 72.6 Å². The van der Waals surface area contributed by atoms with Gasteiger partial charge in [0, 0.05) is 18.0 Å². The van der Waals surface area contributed by atoms with E-state index in [-0.39, 0.29) is 16.2 Å². The summed E-state index contributed by atoms with van der Waals surface area (Å²) in [7, 11) is -4.17. The molecule has 0 aliphatic rings. The van der Waals surface area contributed by atoms with E-state index >= 15 is 0 Å². The summed E-state index contributed by atoms with van der Waals surface area (Å²) in [6, 6.07) is 14.7. The number of hydrogen-bond donors (Lipinski definition) is 2. The molecule has 0 radical (unpaired) electrons. The summed E-state index contributed by atoms with van der Waals surface area (Å²) in [4.78, 5) is 11.3. The van der Waals surface area contributed by atoms with Crippen LogP contribution in [0.25, 0.3) is 5.69 Å². The van der Waals surface area contributed by atoms with Gasteiger partial charge in [0.1, 0.15) is 10.6 Å². The molecule has 0 fully saturated rings. The minimum atomic E-state index is -4.17. The molecule has 25 heavy (non-hydrogen) atoms. The summed E-state index contributed by atoms with van der Waals surface area (Å²) in [5, 5.41) is 5.33. The lowest BCUT2D eigenvalue weighted by Gasteiger charge is -2.16. The standard InChI is InChI=1S/C17H15N3O4S/c18-17(21)12-10-14(20-8-4-5-9-20)16(15(11-12)25(19,22)23)24-13-6-2-1-3-7-13/h1-11H,(H2,18,21)(H2,19,22,23). The summed E-state index contributed by atoms with van der Waals surface area (Å²) >= 11 is 0. The Labute approximate surface area is 144 Å². The predicted molar refractivity (Wildman–Crippen MR) is 92.2 cm³/mol. The van der Waals surface area contributed by atoms with E-state index in [0.717, 1.165) is 6.07 Å². The van der Waals surface area contributed by atoms with Crippen LogP contribution in [0.3, 0.4) is 0 Å². The molecule has 0 aliphatic heterocycles. The van der Waals surface area contributed by atoms with Crippen LogP contribution < -0.4 is 15.6 Å². The molecular formula is C17H15N3O4S. The van der Waals surface area contributed by atoms with Gasteiger partial charge in [0.2, 0.25) is 15.9 Å². The lowest BCUT2D eigenvalue weighted by Crippen LogP contribution is -2.18. The van der Waals surface area contributed by atoms with Crippen molar-refractivity contribution in [3.8, 4) is 17.2 Å². The van der Waals surface area contributed by atoms with Crippen molar-refractivity contribution in [2.75, 3.05) is 0 Å². The average molecular weight is 357 g/mol. The highest BCUT2D eigenvalue weighted by molar-refractivity contribution is 7.89. The highest BCUT2D eigenvalue weighted by Crippen LogP contribution is 2.35. The monoisotopic (exact) mass is 357 g/mol. The van der Waals surface area contributed by atoms with E-state index in [2.05, 4.69) is 0 Å². The number of carbonyl (C=O) groups excluding carboxylic acids is 1. The van der Waals surface area contributed by atoms with Crippen molar-refractivity contribution in [2.45, 2.75) is 4.90 Å². The Bertz CT molecular complexity index is 1010. The normalized spacial score (nSPS) is 11.2. The quantitative estimate of drug-likeness (QED) is 0.726. The number of nitrogens with zero attached hydrogens (tertiary/aromatic N) is 1. The van der Waals surface area contributed by atoms with E-state index in [1.807, 2.05) is 0 Å². The Balaban J connectivity index is 2.30. The number of primary amides is 1. The van der Waals surface area contributed by atoms with Crippen LogP contribution in [-0.2, 0) is 10.0 Å². The van der Waals surface area contributed by atoms with E-state index in [1.165, 1.54) is 6.07 Å². The molecule has 2 aromatic carbocycles. The first-order valence-electron chi connectivity index (χ1n) is 7.23. The first kappa shape index (κ1) is 16.7. The Hall–Kier alpha value is -3.10. The summed E-state index contributed by atoms with van der Waals surface area (Å²) in [6.07, 6.45) is 3.37. The Morgan fingerprint density at radius 1 is 1.00 bits per heavy atom. The van der Waals surface area contributed by atoms with Crippen LogP contribution in [-0.4, -0.2) is 18.9 Å². The second-order valence-corrected chi connectivity index (χ2v) is 6.77. The molecule has 1 heterocycles. The highest BCUT2D eigenvalue weighted by atomic mass is 32.2. The minimum absolute atomic E-state index is 0.00753. The molecule has 3 rings (SSSR count). The number of hydrogen-bond acceptors (Lipinski definition) is 4. The molecule has 0 aliphatic carbocycles. The van der Waals surface area contributed by atoms with Crippen LogP contribution in [0.1, 0.15) is 10.4 Å². The Kier molecular flexibility index (Phi) is 4.30. The number of sulfonamides is 1. The molecule has 4 N–H and O–H groups in total. The lowest BCUT2D eigenvalue weighted by molar-refractivity contribution is 0.1000. The van der Waals surface area contributed by atoms with Gasteiger partial charge in [0.15, 0.2) is 5.75 Å². The third-order valence-electron chi connectivity index (χ3n) is 3.47. The van der Waals surface area contributed by atoms with Gasteiger partial charge < -0.3 is 15.0 Å². The van der Waals surface area contributed by atoms with E-state index in [0.29, 0.717) is 11.4 Å². The topological polar surface area (TPSA) is 117 Å². The second-order valence-electron chi connectivity index (χ2n) is 5.24. The molecule has 0 spiro atoms. The number of carbonyl (C=O) groups is 1.